The number of piperidine rings is 1. The van der Waals surface area contributed by atoms with Crippen molar-refractivity contribution in [3.05, 3.63) is 53.6 Å². The average Bonchev–Trinajstić information content (AvgIpc) is 2.82. The Morgan fingerprint density at radius 1 is 1.06 bits per heavy atom. The molecule has 2 aliphatic rings. The fourth-order valence-corrected chi connectivity index (χ4v) is 6.15. The number of carbonyl (C=O) groups is 1. The number of para-hydroxylation sites is 1. The Hall–Kier alpha value is -2.13. The molecule has 2 aromatic carbocycles. The van der Waals surface area contributed by atoms with Crippen LogP contribution < -0.4 is 10.1 Å². The van der Waals surface area contributed by atoms with E-state index in [9.17, 15) is 18.3 Å². The number of hydrogen-bond donors (Lipinski definition) is 2. The number of amides is 1. The van der Waals surface area contributed by atoms with Crippen LogP contribution in [-0.2, 0) is 14.8 Å². The highest BCUT2D eigenvalue weighted by Crippen LogP contribution is 2.31. The van der Waals surface area contributed by atoms with Crippen LogP contribution in [0, 0.1) is 5.92 Å². The Balaban J connectivity index is 1.43. The van der Waals surface area contributed by atoms with Gasteiger partial charge in [0, 0.05) is 25.2 Å². The molecule has 1 atom stereocenters. The van der Waals surface area contributed by atoms with E-state index in [1.807, 2.05) is 0 Å². The third-order valence-corrected chi connectivity index (χ3v) is 8.48. The zero-order chi connectivity index (χ0) is 23.4. The summed E-state index contributed by atoms with van der Waals surface area (Å²) in [7, 11) is -3.79. The molecule has 2 fully saturated rings. The second-order valence-electron chi connectivity index (χ2n) is 8.72. The standard InChI is InChI=1S/C24H29ClN2O5S/c25-22-8-1-2-9-23(22)32-20-6-3-7-21(15-20)33(30,31)27-14-4-5-17(16-27)24(29)26-18-10-12-19(28)13-11-18/h1-3,6-9,15,17-19,28H,4-5,10-14,16H2,(H,26,29)/t17-,18?,19?/m0/s1. The Kier molecular flexibility index (Phi) is 7.58. The number of nitrogens with zero attached hydrogens (tertiary/aromatic N) is 1. The Morgan fingerprint density at radius 2 is 1.82 bits per heavy atom. The van der Waals surface area contributed by atoms with E-state index in [1.54, 1.807) is 36.4 Å². The number of ether oxygens (including phenoxy) is 1. The highest BCUT2D eigenvalue weighted by atomic mass is 35.5. The van der Waals surface area contributed by atoms with E-state index < -0.39 is 10.0 Å². The zero-order valence-electron chi connectivity index (χ0n) is 18.3. The number of rotatable bonds is 6. The first-order chi connectivity index (χ1) is 15.8. The Labute approximate surface area is 199 Å². The average molecular weight is 493 g/mol. The van der Waals surface area contributed by atoms with Crippen LogP contribution in [0.1, 0.15) is 38.5 Å². The quantitative estimate of drug-likeness (QED) is 0.636. The van der Waals surface area contributed by atoms with Gasteiger partial charge >= 0.3 is 0 Å². The molecule has 0 aromatic heterocycles. The smallest absolute Gasteiger partial charge is 0.243 e. The maximum Gasteiger partial charge on any atom is 0.243 e. The molecule has 178 valence electrons. The van der Waals surface area contributed by atoms with Crippen LogP contribution in [0.4, 0.5) is 0 Å². The van der Waals surface area contributed by atoms with Crippen molar-refractivity contribution < 1.29 is 23.1 Å². The van der Waals surface area contributed by atoms with Crippen molar-refractivity contribution in [3.8, 4) is 11.5 Å². The fourth-order valence-electron chi connectivity index (χ4n) is 4.42. The number of aliphatic hydroxyl groups is 1. The third-order valence-electron chi connectivity index (χ3n) is 6.31. The molecule has 4 rings (SSSR count). The first-order valence-corrected chi connectivity index (χ1v) is 13.2. The highest BCUT2D eigenvalue weighted by molar-refractivity contribution is 7.89. The summed E-state index contributed by atoms with van der Waals surface area (Å²) in [4.78, 5) is 12.9. The molecule has 0 spiro atoms. The molecule has 1 amide bonds. The van der Waals surface area contributed by atoms with Crippen molar-refractivity contribution in [2.45, 2.75) is 55.6 Å². The summed E-state index contributed by atoms with van der Waals surface area (Å²) < 4.78 is 33.9. The minimum absolute atomic E-state index is 0.0477. The van der Waals surface area contributed by atoms with Gasteiger partial charge in [-0.05, 0) is 62.8 Å². The lowest BCUT2D eigenvalue weighted by atomic mass is 9.92. The van der Waals surface area contributed by atoms with E-state index in [-0.39, 0.29) is 35.4 Å². The van der Waals surface area contributed by atoms with Gasteiger partial charge in [0.1, 0.15) is 11.5 Å². The van der Waals surface area contributed by atoms with Crippen molar-refractivity contribution >= 4 is 27.5 Å². The summed E-state index contributed by atoms with van der Waals surface area (Å²) in [6.45, 7) is 0.524. The summed E-state index contributed by atoms with van der Waals surface area (Å²) in [6.07, 6.45) is 3.86. The highest BCUT2D eigenvalue weighted by Gasteiger charge is 2.34. The van der Waals surface area contributed by atoms with Gasteiger partial charge in [0.25, 0.3) is 0 Å². The molecule has 1 aliphatic carbocycles. The number of benzene rings is 2. The van der Waals surface area contributed by atoms with Gasteiger partial charge in [0.15, 0.2) is 0 Å². The summed E-state index contributed by atoms with van der Waals surface area (Å²) in [6, 6.07) is 13.4. The summed E-state index contributed by atoms with van der Waals surface area (Å²) >= 11 is 6.15. The van der Waals surface area contributed by atoms with Crippen molar-refractivity contribution in [3.63, 3.8) is 0 Å². The molecular formula is C24H29ClN2O5S. The van der Waals surface area contributed by atoms with Crippen LogP contribution in [0.3, 0.4) is 0 Å². The van der Waals surface area contributed by atoms with Gasteiger partial charge in [0.05, 0.1) is 21.9 Å². The molecule has 1 heterocycles. The second-order valence-corrected chi connectivity index (χ2v) is 11.1. The largest absolute Gasteiger partial charge is 0.456 e. The van der Waals surface area contributed by atoms with Crippen LogP contribution in [-0.4, -0.2) is 49.0 Å². The van der Waals surface area contributed by atoms with Gasteiger partial charge in [-0.3, -0.25) is 4.79 Å². The van der Waals surface area contributed by atoms with E-state index in [4.69, 9.17) is 16.3 Å². The van der Waals surface area contributed by atoms with Gasteiger partial charge < -0.3 is 15.2 Å². The minimum Gasteiger partial charge on any atom is -0.456 e. The number of aliphatic hydroxyl groups excluding tert-OH is 1. The van der Waals surface area contributed by atoms with Crippen molar-refractivity contribution in [1.29, 1.82) is 0 Å². The molecular weight excluding hydrogens is 464 g/mol. The number of nitrogens with one attached hydrogen (secondary N) is 1. The van der Waals surface area contributed by atoms with Crippen LogP contribution in [0.5, 0.6) is 11.5 Å². The zero-order valence-corrected chi connectivity index (χ0v) is 19.9. The van der Waals surface area contributed by atoms with Crippen molar-refractivity contribution in [2.24, 2.45) is 5.92 Å². The van der Waals surface area contributed by atoms with E-state index in [0.717, 1.165) is 12.8 Å². The molecule has 9 heteroatoms. The second kappa shape index (κ2) is 10.4. The molecule has 2 aromatic rings. The van der Waals surface area contributed by atoms with Crippen molar-refractivity contribution in [1.82, 2.24) is 9.62 Å². The summed E-state index contributed by atoms with van der Waals surface area (Å²) in [5, 5.41) is 13.1. The van der Waals surface area contributed by atoms with Gasteiger partial charge in [-0.15, -0.1) is 0 Å². The number of hydrogen-bond acceptors (Lipinski definition) is 5. The topological polar surface area (TPSA) is 95.9 Å². The Morgan fingerprint density at radius 3 is 2.58 bits per heavy atom. The van der Waals surface area contributed by atoms with Crippen molar-refractivity contribution in [2.75, 3.05) is 13.1 Å². The van der Waals surface area contributed by atoms with E-state index in [2.05, 4.69) is 5.32 Å². The van der Waals surface area contributed by atoms with E-state index in [1.165, 1.54) is 16.4 Å². The van der Waals surface area contributed by atoms with Crippen LogP contribution in [0.25, 0.3) is 0 Å². The minimum atomic E-state index is -3.79. The summed E-state index contributed by atoms with van der Waals surface area (Å²) in [5.74, 6) is 0.323. The molecule has 1 aliphatic heterocycles. The van der Waals surface area contributed by atoms with E-state index >= 15 is 0 Å². The summed E-state index contributed by atoms with van der Waals surface area (Å²) in [5.41, 5.74) is 0. The maximum atomic E-state index is 13.3. The lowest BCUT2D eigenvalue weighted by Gasteiger charge is -2.33. The molecule has 0 unspecified atom stereocenters. The monoisotopic (exact) mass is 492 g/mol. The molecule has 1 saturated carbocycles. The predicted octanol–water partition coefficient (Wildman–Crippen LogP) is 3.95. The molecule has 0 radical (unpaired) electrons. The van der Waals surface area contributed by atoms with Gasteiger partial charge in [-0.25, -0.2) is 8.42 Å². The molecule has 2 N–H and O–H groups in total. The lowest BCUT2D eigenvalue weighted by molar-refractivity contribution is -0.127. The first kappa shape index (κ1) is 24.0. The number of sulfonamides is 1. The third kappa shape index (κ3) is 5.87. The Bertz CT molecular complexity index is 1090. The van der Waals surface area contributed by atoms with Crippen LogP contribution in [0.15, 0.2) is 53.4 Å². The molecule has 0 bridgehead atoms. The fraction of sp³-hybridized carbons (Fsp3) is 0.458. The normalized spacial score (nSPS) is 24.2. The SMILES string of the molecule is O=C(NC1CCC(O)CC1)[C@H]1CCCN(S(=O)(=O)c2cccc(Oc3ccccc3Cl)c2)C1. The van der Waals surface area contributed by atoms with E-state index in [0.29, 0.717) is 48.7 Å². The van der Waals surface area contributed by atoms with Gasteiger partial charge in [-0.1, -0.05) is 29.8 Å². The molecule has 7 nitrogen and oxygen atoms in total. The lowest BCUT2D eigenvalue weighted by Crippen LogP contribution is -2.48. The maximum absolute atomic E-state index is 13.3. The molecule has 33 heavy (non-hydrogen) atoms. The molecule has 1 saturated heterocycles. The first-order valence-electron chi connectivity index (χ1n) is 11.3. The van der Waals surface area contributed by atoms with Crippen LogP contribution in [0.2, 0.25) is 5.02 Å². The number of carbonyl (C=O) groups excluding carboxylic acids is 1. The number of halogens is 1. The van der Waals surface area contributed by atoms with Gasteiger partial charge in [-0.2, -0.15) is 4.31 Å². The predicted molar refractivity (Wildman–Crippen MR) is 126 cm³/mol. The van der Waals surface area contributed by atoms with Gasteiger partial charge in [0.2, 0.25) is 15.9 Å². The van der Waals surface area contributed by atoms with Crippen LogP contribution >= 0.6 is 11.6 Å².